The zero-order chi connectivity index (χ0) is 13.7. The molecule has 2 rings (SSSR count). The smallest absolute Gasteiger partial charge is 0.222 e. The molecule has 0 aliphatic carbocycles. The number of aliphatic hydroxyl groups is 1. The zero-order valence-corrected chi connectivity index (χ0v) is 11.0. The van der Waals surface area contributed by atoms with Crippen LogP contribution in [0.15, 0.2) is 30.6 Å². The predicted octanol–water partition coefficient (Wildman–Crippen LogP) is 1.31. The second-order valence-corrected chi connectivity index (χ2v) is 4.66. The average molecular weight is 261 g/mol. The number of benzene rings is 1. The van der Waals surface area contributed by atoms with E-state index in [4.69, 9.17) is 5.11 Å². The Morgan fingerprint density at radius 1 is 1.47 bits per heavy atom. The van der Waals surface area contributed by atoms with Crippen LogP contribution < -0.4 is 5.32 Å². The Morgan fingerprint density at radius 2 is 2.26 bits per heavy atom. The molecule has 0 saturated heterocycles. The van der Waals surface area contributed by atoms with E-state index >= 15 is 0 Å². The van der Waals surface area contributed by atoms with Gasteiger partial charge in [0.15, 0.2) is 0 Å². The normalized spacial score (nSPS) is 12.5. The molecule has 0 spiro atoms. The molecule has 0 aliphatic rings. The van der Waals surface area contributed by atoms with E-state index in [0.717, 1.165) is 11.0 Å². The third kappa shape index (κ3) is 3.54. The largest absolute Gasteiger partial charge is 0.396 e. The third-order valence-electron chi connectivity index (χ3n) is 3.08. The number of amides is 1. The molecule has 2 aromatic rings. The molecular formula is C14H19N3O2. The van der Waals surface area contributed by atoms with Gasteiger partial charge in [0.05, 0.1) is 17.4 Å². The summed E-state index contributed by atoms with van der Waals surface area (Å²) in [6, 6.07) is 7.87. The minimum absolute atomic E-state index is 0.00117. The van der Waals surface area contributed by atoms with Crippen LogP contribution >= 0.6 is 0 Å². The molecule has 5 heteroatoms. The van der Waals surface area contributed by atoms with Gasteiger partial charge in [-0.2, -0.15) is 0 Å². The van der Waals surface area contributed by atoms with Crippen molar-refractivity contribution in [3.8, 4) is 0 Å². The lowest BCUT2D eigenvalue weighted by Crippen LogP contribution is -2.33. The van der Waals surface area contributed by atoms with E-state index in [1.54, 1.807) is 6.33 Å². The SMILES string of the molecule is CC(CCO)NC(=O)CCn1cnc2ccccc21. The van der Waals surface area contributed by atoms with Gasteiger partial charge in [0.25, 0.3) is 0 Å². The molecule has 1 heterocycles. The summed E-state index contributed by atoms with van der Waals surface area (Å²) >= 11 is 0. The maximum atomic E-state index is 11.7. The monoisotopic (exact) mass is 261 g/mol. The van der Waals surface area contributed by atoms with Gasteiger partial charge in [0.2, 0.25) is 5.91 Å². The van der Waals surface area contributed by atoms with Gasteiger partial charge < -0.3 is 15.0 Å². The van der Waals surface area contributed by atoms with E-state index in [-0.39, 0.29) is 18.6 Å². The number of aliphatic hydroxyl groups excluding tert-OH is 1. The number of aromatic nitrogens is 2. The number of para-hydroxylation sites is 2. The van der Waals surface area contributed by atoms with Gasteiger partial charge >= 0.3 is 0 Å². The van der Waals surface area contributed by atoms with E-state index in [1.807, 2.05) is 35.8 Å². The quantitative estimate of drug-likeness (QED) is 0.824. The molecule has 1 aromatic heterocycles. The second-order valence-electron chi connectivity index (χ2n) is 4.66. The van der Waals surface area contributed by atoms with E-state index in [2.05, 4.69) is 10.3 Å². The van der Waals surface area contributed by atoms with Crippen molar-refractivity contribution in [3.05, 3.63) is 30.6 Å². The first-order valence-electron chi connectivity index (χ1n) is 6.51. The van der Waals surface area contributed by atoms with Crippen LogP contribution in [0.4, 0.5) is 0 Å². The van der Waals surface area contributed by atoms with Gasteiger partial charge in [0, 0.05) is 25.6 Å². The molecule has 102 valence electrons. The number of carbonyl (C=O) groups is 1. The predicted molar refractivity (Wildman–Crippen MR) is 73.7 cm³/mol. The highest BCUT2D eigenvalue weighted by Crippen LogP contribution is 2.12. The molecule has 2 N–H and O–H groups in total. The van der Waals surface area contributed by atoms with Crippen LogP contribution in [0.2, 0.25) is 0 Å². The molecule has 5 nitrogen and oxygen atoms in total. The summed E-state index contributed by atoms with van der Waals surface area (Å²) < 4.78 is 1.98. The number of rotatable bonds is 6. The van der Waals surface area contributed by atoms with Crippen LogP contribution in [-0.4, -0.2) is 33.2 Å². The van der Waals surface area contributed by atoms with Crippen LogP contribution in [0, 0.1) is 0 Å². The fourth-order valence-electron chi connectivity index (χ4n) is 2.02. The Kier molecular flexibility index (Phi) is 4.52. The molecule has 1 amide bonds. The number of nitrogens with one attached hydrogen (secondary N) is 1. The van der Waals surface area contributed by atoms with Crippen LogP contribution in [0.3, 0.4) is 0 Å². The number of fused-ring (bicyclic) bond motifs is 1. The Bertz CT molecular complexity index is 550. The molecule has 1 atom stereocenters. The van der Waals surface area contributed by atoms with Crippen molar-refractivity contribution in [2.75, 3.05) is 6.61 Å². The summed E-state index contributed by atoms with van der Waals surface area (Å²) in [5.41, 5.74) is 1.98. The number of hydrogen-bond acceptors (Lipinski definition) is 3. The lowest BCUT2D eigenvalue weighted by Gasteiger charge is -2.12. The van der Waals surface area contributed by atoms with Crippen molar-refractivity contribution in [1.82, 2.24) is 14.9 Å². The molecule has 1 unspecified atom stereocenters. The number of hydrogen-bond donors (Lipinski definition) is 2. The first-order chi connectivity index (χ1) is 9.20. The fraction of sp³-hybridized carbons (Fsp3) is 0.429. The number of imidazole rings is 1. The average Bonchev–Trinajstić information content (AvgIpc) is 2.80. The van der Waals surface area contributed by atoms with Crippen molar-refractivity contribution >= 4 is 16.9 Å². The van der Waals surface area contributed by atoms with Gasteiger partial charge in [-0.25, -0.2) is 4.98 Å². The van der Waals surface area contributed by atoms with Gasteiger partial charge in [-0.05, 0) is 25.5 Å². The Labute approximate surface area is 112 Å². The lowest BCUT2D eigenvalue weighted by molar-refractivity contribution is -0.121. The molecule has 19 heavy (non-hydrogen) atoms. The first-order valence-corrected chi connectivity index (χ1v) is 6.51. The maximum Gasteiger partial charge on any atom is 0.222 e. The van der Waals surface area contributed by atoms with E-state index < -0.39 is 0 Å². The van der Waals surface area contributed by atoms with E-state index in [9.17, 15) is 4.79 Å². The van der Waals surface area contributed by atoms with Gasteiger partial charge in [-0.15, -0.1) is 0 Å². The van der Waals surface area contributed by atoms with Crippen LogP contribution in [-0.2, 0) is 11.3 Å². The van der Waals surface area contributed by atoms with E-state index in [0.29, 0.717) is 19.4 Å². The topological polar surface area (TPSA) is 67.2 Å². The summed E-state index contributed by atoms with van der Waals surface area (Å²) in [6.45, 7) is 2.59. The van der Waals surface area contributed by atoms with Crippen LogP contribution in [0.25, 0.3) is 11.0 Å². The Balaban J connectivity index is 1.90. The molecular weight excluding hydrogens is 242 g/mol. The van der Waals surface area contributed by atoms with E-state index in [1.165, 1.54) is 0 Å². The standard InChI is InChI=1S/C14H19N3O2/c1-11(7-9-18)16-14(19)6-8-17-10-15-12-4-2-3-5-13(12)17/h2-5,10-11,18H,6-9H2,1H3,(H,16,19). The first kappa shape index (κ1) is 13.5. The molecule has 0 fully saturated rings. The third-order valence-corrected chi connectivity index (χ3v) is 3.08. The summed E-state index contributed by atoms with van der Waals surface area (Å²) in [5.74, 6) is -0.00117. The van der Waals surface area contributed by atoms with Gasteiger partial charge in [-0.1, -0.05) is 12.1 Å². The Hall–Kier alpha value is -1.88. The summed E-state index contributed by atoms with van der Waals surface area (Å²) in [7, 11) is 0. The highest BCUT2D eigenvalue weighted by atomic mass is 16.3. The second kappa shape index (κ2) is 6.33. The van der Waals surface area contributed by atoms with Crippen LogP contribution in [0.5, 0.6) is 0 Å². The highest BCUT2D eigenvalue weighted by Gasteiger charge is 2.08. The Morgan fingerprint density at radius 3 is 3.05 bits per heavy atom. The zero-order valence-electron chi connectivity index (χ0n) is 11.0. The summed E-state index contributed by atoms with van der Waals surface area (Å²) in [5, 5.41) is 11.6. The molecule has 0 saturated carbocycles. The van der Waals surface area contributed by atoms with Crippen molar-refractivity contribution in [2.24, 2.45) is 0 Å². The summed E-state index contributed by atoms with van der Waals surface area (Å²) in [4.78, 5) is 16.0. The van der Waals surface area contributed by atoms with Crippen molar-refractivity contribution in [3.63, 3.8) is 0 Å². The fourth-order valence-corrected chi connectivity index (χ4v) is 2.02. The molecule has 0 aliphatic heterocycles. The lowest BCUT2D eigenvalue weighted by atomic mass is 10.2. The van der Waals surface area contributed by atoms with Crippen molar-refractivity contribution in [2.45, 2.75) is 32.4 Å². The number of carbonyl (C=O) groups excluding carboxylic acids is 1. The molecule has 0 radical (unpaired) electrons. The molecule has 0 bridgehead atoms. The highest BCUT2D eigenvalue weighted by molar-refractivity contribution is 5.77. The van der Waals surface area contributed by atoms with Crippen molar-refractivity contribution < 1.29 is 9.90 Å². The van der Waals surface area contributed by atoms with Crippen molar-refractivity contribution in [1.29, 1.82) is 0 Å². The minimum Gasteiger partial charge on any atom is -0.396 e. The number of nitrogens with zero attached hydrogens (tertiary/aromatic N) is 2. The summed E-state index contributed by atoms with van der Waals surface area (Å²) in [6.07, 6.45) is 2.75. The van der Waals surface area contributed by atoms with Crippen LogP contribution in [0.1, 0.15) is 19.8 Å². The number of aryl methyl sites for hydroxylation is 1. The maximum absolute atomic E-state index is 11.7. The van der Waals surface area contributed by atoms with Gasteiger partial charge in [0.1, 0.15) is 0 Å². The van der Waals surface area contributed by atoms with Gasteiger partial charge in [-0.3, -0.25) is 4.79 Å². The minimum atomic E-state index is -0.00117. The molecule has 1 aromatic carbocycles.